The highest BCUT2D eigenvalue weighted by Gasteiger charge is 2.14. The number of carbonyl (C=O) groups excluding carboxylic acids is 2. The number of amides is 2. The first kappa shape index (κ1) is 23.4. The molecule has 4 aromatic rings. The van der Waals surface area contributed by atoms with Gasteiger partial charge in [0.2, 0.25) is 10.9 Å². The van der Waals surface area contributed by atoms with Crippen molar-refractivity contribution < 1.29 is 14.3 Å². The lowest BCUT2D eigenvalue weighted by molar-refractivity contribution is -0.121. The van der Waals surface area contributed by atoms with Crippen LogP contribution in [0.3, 0.4) is 0 Å². The van der Waals surface area contributed by atoms with Crippen LogP contribution in [0, 0.1) is 6.92 Å². The minimum absolute atomic E-state index is 0.0120. The Bertz CT molecular complexity index is 1280. The fraction of sp³-hybridized carbons (Fsp3) is 0.280. The van der Waals surface area contributed by atoms with E-state index in [1.807, 2.05) is 6.20 Å². The molecule has 0 saturated carbocycles. The Hall–Kier alpha value is -3.72. The zero-order valence-corrected chi connectivity index (χ0v) is 20.0. The number of nitrogens with one attached hydrogen (secondary N) is 3. The molecule has 0 aliphatic carbocycles. The number of carbonyl (C=O) groups is 2. The van der Waals surface area contributed by atoms with Gasteiger partial charge in [-0.25, -0.2) is 0 Å². The molecule has 0 unspecified atom stereocenters. The molecule has 0 aliphatic rings. The molecular weight excluding hydrogens is 450 g/mol. The van der Waals surface area contributed by atoms with Crippen LogP contribution in [-0.4, -0.2) is 40.7 Å². The Morgan fingerprint density at radius 2 is 1.91 bits per heavy atom. The second-order valence-corrected chi connectivity index (χ2v) is 9.06. The largest absolute Gasteiger partial charge is 0.497 e. The molecule has 34 heavy (non-hydrogen) atoms. The van der Waals surface area contributed by atoms with E-state index in [1.54, 1.807) is 31.4 Å². The number of benzene rings is 2. The van der Waals surface area contributed by atoms with Gasteiger partial charge in [-0.2, -0.15) is 0 Å². The molecule has 2 aromatic heterocycles. The lowest BCUT2D eigenvalue weighted by atomic mass is 10.1. The number of nitrogens with zero attached hydrogens (tertiary/aromatic N) is 2. The van der Waals surface area contributed by atoms with Crippen LogP contribution < -0.4 is 15.4 Å². The fourth-order valence-electron chi connectivity index (χ4n) is 3.63. The fourth-order valence-corrected chi connectivity index (χ4v) is 4.41. The molecule has 3 N–H and O–H groups in total. The van der Waals surface area contributed by atoms with E-state index < -0.39 is 0 Å². The molecule has 176 valence electrons. The minimum Gasteiger partial charge on any atom is -0.497 e. The summed E-state index contributed by atoms with van der Waals surface area (Å²) >= 11 is 1.24. The second kappa shape index (κ2) is 10.9. The molecule has 2 heterocycles. The predicted octanol–water partition coefficient (Wildman–Crippen LogP) is 4.27. The standard InChI is InChI=1S/C25H27N5O3S/c1-16-6-11-21-20(14-16)17(15-27-21)12-13-26-22(31)4-3-5-23-29-30-25(34-23)24(32)28-18-7-9-19(33-2)10-8-18/h6-11,14-15,27H,3-5,12-13H2,1-2H3,(H,26,31)(H,28,32). The highest BCUT2D eigenvalue weighted by atomic mass is 32.1. The van der Waals surface area contributed by atoms with Crippen LogP contribution in [0.5, 0.6) is 5.75 Å². The van der Waals surface area contributed by atoms with Gasteiger partial charge in [0.25, 0.3) is 5.91 Å². The van der Waals surface area contributed by atoms with E-state index in [9.17, 15) is 9.59 Å². The van der Waals surface area contributed by atoms with Crippen LogP contribution >= 0.6 is 11.3 Å². The van der Waals surface area contributed by atoms with Gasteiger partial charge in [0.05, 0.1) is 7.11 Å². The summed E-state index contributed by atoms with van der Waals surface area (Å²) in [6, 6.07) is 13.4. The number of rotatable bonds is 10. The zero-order chi connectivity index (χ0) is 23.9. The number of aromatic nitrogens is 3. The van der Waals surface area contributed by atoms with Crippen molar-refractivity contribution in [2.45, 2.75) is 32.6 Å². The van der Waals surface area contributed by atoms with E-state index in [2.05, 4.69) is 50.9 Å². The number of fused-ring (bicyclic) bond motifs is 1. The maximum absolute atomic E-state index is 12.4. The first-order valence-electron chi connectivity index (χ1n) is 11.1. The maximum atomic E-state index is 12.4. The van der Waals surface area contributed by atoms with Gasteiger partial charge < -0.3 is 20.4 Å². The monoisotopic (exact) mass is 477 g/mol. The quantitative estimate of drug-likeness (QED) is 0.316. The number of aryl methyl sites for hydroxylation is 2. The summed E-state index contributed by atoms with van der Waals surface area (Å²) in [7, 11) is 1.59. The van der Waals surface area contributed by atoms with Crippen molar-refractivity contribution in [1.29, 1.82) is 0 Å². The Balaban J connectivity index is 1.18. The lowest BCUT2D eigenvalue weighted by Gasteiger charge is -2.05. The molecule has 8 nitrogen and oxygen atoms in total. The number of ether oxygens (including phenoxy) is 1. The predicted molar refractivity (Wildman–Crippen MR) is 134 cm³/mol. The van der Waals surface area contributed by atoms with Crippen LogP contribution in [-0.2, 0) is 17.6 Å². The van der Waals surface area contributed by atoms with E-state index >= 15 is 0 Å². The van der Waals surface area contributed by atoms with Crippen LogP contribution in [0.4, 0.5) is 5.69 Å². The number of H-pyrrole nitrogens is 1. The summed E-state index contributed by atoms with van der Waals surface area (Å²) in [5.41, 5.74) is 4.19. The van der Waals surface area contributed by atoms with Crippen molar-refractivity contribution in [2.24, 2.45) is 0 Å². The minimum atomic E-state index is -0.306. The Morgan fingerprint density at radius 1 is 1.09 bits per heavy atom. The number of methoxy groups -OCH3 is 1. The second-order valence-electron chi connectivity index (χ2n) is 8.00. The molecule has 9 heteroatoms. The van der Waals surface area contributed by atoms with Gasteiger partial charge >= 0.3 is 0 Å². The van der Waals surface area contributed by atoms with E-state index in [-0.39, 0.29) is 11.8 Å². The van der Waals surface area contributed by atoms with Crippen molar-refractivity contribution in [3.63, 3.8) is 0 Å². The van der Waals surface area contributed by atoms with Crippen molar-refractivity contribution in [3.05, 3.63) is 69.8 Å². The van der Waals surface area contributed by atoms with Crippen molar-refractivity contribution in [2.75, 3.05) is 19.0 Å². The molecular formula is C25H27N5O3S. The Kier molecular flexibility index (Phi) is 7.54. The molecule has 2 aromatic carbocycles. The molecule has 0 spiro atoms. The third kappa shape index (κ3) is 5.99. The molecule has 0 bridgehead atoms. The Labute approximate surface area is 201 Å². The molecule has 0 radical (unpaired) electrons. The highest BCUT2D eigenvalue weighted by molar-refractivity contribution is 7.13. The third-order valence-electron chi connectivity index (χ3n) is 5.44. The van der Waals surface area contributed by atoms with Crippen LogP contribution in [0.2, 0.25) is 0 Å². The van der Waals surface area contributed by atoms with Gasteiger partial charge in [-0.1, -0.05) is 23.0 Å². The van der Waals surface area contributed by atoms with E-state index in [4.69, 9.17) is 4.74 Å². The third-order valence-corrected chi connectivity index (χ3v) is 6.42. The number of aromatic amines is 1. The number of hydrogen-bond donors (Lipinski definition) is 3. The summed E-state index contributed by atoms with van der Waals surface area (Å²) in [4.78, 5) is 27.9. The van der Waals surface area contributed by atoms with E-state index in [0.29, 0.717) is 42.3 Å². The summed E-state index contributed by atoms with van der Waals surface area (Å²) in [6.45, 7) is 2.67. The van der Waals surface area contributed by atoms with Gasteiger partial charge in [0, 0.05) is 42.2 Å². The van der Waals surface area contributed by atoms with Gasteiger partial charge in [0.1, 0.15) is 10.8 Å². The first-order chi connectivity index (χ1) is 16.5. The first-order valence-corrected chi connectivity index (χ1v) is 11.9. The molecule has 0 fully saturated rings. The van der Waals surface area contributed by atoms with Crippen LogP contribution in [0.25, 0.3) is 10.9 Å². The highest BCUT2D eigenvalue weighted by Crippen LogP contribution is 2.20. The Morgan fingerprint density at radius 3 is 2.71 bits per heavy atom. The number of hydrogen-bond acceptors (Lipinski definition) is 6. The van der Waals surface area contributed by atoms with Gasteiger partial charge in [-0.15, -0.1) is 10.2 Å². The van der Waals surface area contributed by atoms with Gasteiger partial charge in [0.15, 0.2) is 0 Å². The smallest absolute Gasteiger partial charge is 0.286 e. The van der Waals surface area contributed by atoms with Crippen LogP contribution in [0.1, 0.15) is 38.8 Å². The van der Waals surface area contributed by atoms with Crippen LogP contribution in [0.15, 0.2) is 48.7 Å². The summed E-state index contributed by atoms with van der Waals surface area (Å²) in [5, 5.41) is 16.1. The normalized spacial score (nSPS) is 10.9. The van der Waals surface area contributed by atoms with E-state index in [0.717, 1.165) is 16.9 Å². The van der Waals surface area contributed by atoms with E-state index in [1.165, 1.54) is 27.8 Å². The average Bonchev–Trinajstić information content (AvgIpc) is 3.47. The molecule has 2 amide bonds. The molecule has 0 aliphatic heterocycles. The van der Waals surface area contributed by atoms with Crippen molar-refractivity contribution in [1.82, 2.24) is 20.5 Å². The van der Waals surface area contributed by atoms with Gasteiger partial charge in [-0.3, -0.25) is 9.59 Å². The lowest BCUT2D eigenvalue weighted by Crippen LogP contribution is -2.25. The molecule has 0 saturated heterocycles. The summed E-state index contributed by atoms with van der Waals surface area (Å²) in [6.07, 6.45) is 4.43. The van der Waals surface area contributed by atoms with Crippen molar-refractivity contribution >= 4 is 39.7 Å². The molecule has 0 atom stereocenters. The number of anilines is 1. The average molecular weight is 478 g/mol. The van der Waals surface area contributed by atoms with Gasteiger partial charge in [-0.05, 0) is 61.7 Å². The SMILES string of the molecule is COc1ccc(NC(=O)c2nnc(CCCC(=O)NCCc3c[nH]c4ccc(C)cc34)s2)cc1. The maximum Gasteiger partial charge on any atom is 0.286 e. The zero-order valence-electron chi connectivity index (χ0n) is 19.2. The van der Waals surface area contributed by atoms with Crippen molar-refractivity contribution in [3.8, 4) is 5.75 Å². The molecule has 4 rings (SSSR count). The summed E-state index contributed by atoms with van der Waals surface area (Å²) in [5.74, 6) is 0.422. The summed E-state index contributed by atoms with van der Waals surface area (Å²) < 4.78 is 5.11. The topological polar surface area (TPSA) is 109 Å².